The molecular formula is C12H17N3O8. The van der Waals surface area contributed by atoms with Crippen molar-refractivity contribution in [3.05, 3.63) is 21.7 Å². The van der Waals surface area contributed by atoms with Gasteiger partial charge in [0, 0.05) is 12.8 Å². The third kappa shape index (κ3) is 3.57. The number of rotatable bonds is 8. The molecule has 0 radical (unpaired) electrons. The van der Waals surface area contributed by atoms with Gasteiger partial charge in [-0.2, -0.15) is 5.16 Å². The minimum absolute atomic E-state index is 0.0710. The molecule has 128 valence electrons. The average Bonchev–Trinajstić information content (AvgIpc) is 2.75. The molecule has 1 aromatic heterocycles. The lowest BCUT2D eigenvalue weighted by molar-refractivity contribution is -0.151. The molecule has 0 saturated heterocycles. The highest BCUT2D eigenvalue weighted by atomic mass is 16.5. The zero-order chi connectivity index (χ0) is 18.0. The summed E-state index contributed by atoms with van der Waals surface area (Å²) in [5, 5.41) is 31.5. The maximum atomic E-state index is 11.8. The highest BCUT2D eigenvalue weighted by Gasteiger charge is 2.48. The van der Waals surface area contributed by atoms with Crippen LogP contribution in [0.2, 0.25) is 0 Å². The van der Waals surface area contributed by atoms with E-state index in [1.165, 1.54) is 6.92 Å². The number of nitrogens with one attached hydrogen (secondary N) is 2. The van der Waals surface area contributed by atoms with Gasteiger partial charge in [-0.05, 0) is 13.8 Å². The summed E-state index contributed by atoms with van der Waals surface area (Å²) in [4.78, 5) is 45.5. The number of aromatic amines is 1. The molecule has 23 heavy (non-hydrogen) atoms. The standard InChI is InChI=1S/C12H17N3O8/c1-5-7(8(18)14-23-5)11(2,9(19)20)15-12(13,10(21)22)4-3-6(16)17/h15H,3-4,13H2,1-2H3,(H,14,18)(H,16,17)(H,19,20)(H,21,22)/t11?,12-/m0/s1. The Kier molecular flexibility index (Phi) is 4.97. The van der Waals surface area contributed by atoms with Crippen LogP contribution in [0.4, 0.5) is 0 Å². The fraction of sp³-hybridized carbons (Fsp3) is 0.500. The van der Waals surface area contributed by atoms with Crippen molar-refractivity contribution in [3.8, 4) is 0 Å². The largest absolute Gasteiger partial charge is 0.481 e. The molecule has 0 aliphatic carbocycles. The molecule has 0 aromatic carbocycles. The van der Waals surface area contributed by atoms with Gasteiger partial charge in [-0.3, -0.25) is 14.9 Å². The smallest absolute Gasteiger partial charge is 0.338 e. The molecule has 1 rings (SSSR count). The number of carbonyl (C=O) groups is 3. The van der Waals surface area contributed by atoms with E-state index in [2.05, 4.69) is 5.32 Å². The van der Waals surface area contributed by atoms with Gasteiger partial charge in [0.2, 0.25) is 0 Å². The Morgan fingerprint density at radius 2 is 1.83 bits per heavy atom. The molecule has 0 fully saturated rings. The Morgan fingerprint density at radius 1 is 1.26 bits per heavy atom. The fourth-order valence-electron chi connectivity index (χ4n) is 2.16. The number of aromatic nitrogens is 1. The zero-order valence-electron chi connectivity index (χ0n) is 12.4. The number of aliphatic carboxylic acids is 3. The number of carboxylic acid groups (broad SMARTS) is 3. The molecule has 11 heteroatoms. The van der Waals surface area contributed by atoms with Crippen LogP contribution in [0.3, 0.4) is 0 Å². The molecule has 1 unspecified atom stereocenters. The van der Waals surface area contributed by atoms with E-state index < -0.39 is 47.5 Å². The first-order valence-electron chi connectivity index (χ1n) is 6.39. The fourth-order valence-corrected chi connectivity index (χ4v) is 2.16. The third-order valence-electron chi connectivity index (χ3n) is 3.39. The second-order valence-corrected chi connectivity index (χ2v) is 5.19. The summed E-state index contributed by atoms with van der Waals surface area (Å²) in [7, 11) is 0. The van der Waals surface area contributed by atoms with E-state index in [1.807, 2.05) is 5.16 Å². The number of hydrogen-bond acceptors (Lipinski definition) is 7. The van der Waals surface area contributed by atoms with Crippen LogP contribution in [0, 0.1) is 6.92 Å². The quantitative estimate of drug-likeness (QED) is 0.314. The minimum atomic E-state index is -2.39. The van der Waals surface area contributed by atoms with Crippen LogP contribution in [-0.4, -0.2) is 44.0 Å². The first-order chi connectivity index (χ1) is 10.4. The molecule has 0 aliphatic rings. The molecule has 0 saturated carbocycles. The predicted octanol–water partition coefficient (Wildman–Crippen LogP) is -1.23. The van der Waals surface area contributed by atoms with E-state index in [0.717, 1.165) is 6.92 Å². The topological polar surface area (TPSA) is 196 Å². The SMILES string of the molecule is Cc1o[nH]c(=O)c1C(C)(N[C@@](N)(CCC(=O)O)C(=O)O)C(=O)O. The van der Waals surface area contributed by atoms with Gasteiger partial charge in [-0.15, -0.1) is 0 Å². The average molecular weight is 331 g/mol. The van der Waals surface area contributed by atoms with Gasteiger partial charge in [0.15, 0.2) is 11.2 Å². The van der Waals surface area contributed by atoms with Gasteiger partial charge in [-0.1, -0.05) is 0 Å². The van der Waals surface area contributed by atoms with Crippen LogP contribution in [0.1, 0.15) is 31.1 Å². The third-order valence-corrected chi connectivity index (χ3v) is 3.39. The normalized spacial score (nSPS) is 16.3. The van der Waals surface area contributed by atoms with Crippen LogP contribution >= 0.6 is 0 Å². The summed E-state index contributed by atoms with van der Waals surface area (Å²) in [6.07, 6.45) is -1.22. The van der Waals surface area contributed by atoms with E-state index in [0.29, 0.717) is 0 Å². The molecule has 7 N–H and O–H groups in total. The van der Waals surface area contributed by atoms with Gasteiger partial charge in [-0.25, -0.2) is 9.59 Å². The molecule has 1 aromatic rings. The Labute approximate surface area is 129 Å². The predicted molar refractivity (Wildman–Crippen MR) is 73.6 cm³/mol. The van der Waals surface area contributed by atoms with E-state index in [-0.39, 0.29) is 11.3 Å². The molecule has 1 heterocycles. The number of H-pyrrole nitrogens is 1. The molecule has 0 bridgehead atoms. The summed E-state index contributed by atoms with van der Waals surface area (Å²) in [5.74, 6) is -4.63. The minimum Gasteiger partial charge on any atom is -0.481 e. The molecule has 0 aliphatic heterocycles. The number of carboxylic acids is 3. The van der Waals surface area contributed by atoms with E-state index >= 15 is 0 Å². The Bertz CT molecular complexity index is 693. The van der Waals surface area contributed by atoms with E-state index in [1.54, 1.807) is 0 Å². The number of aryl methyl sites for hydroxylation is 1. The Morgan fingerprint density at radius 3 is 2.17 bits per heavy atom. The lowest BCUT2D eigenvalue weighted by Gasteiger charge is -2.35. The Balaban J connectivity index is 3.35. The summed E-state index contributed by atoms with van der Waals surface area (Å²) in [6.45, 7) is 2.35. The van der Waals surface area contributed by atoms with E-state index in [4.69, 9.17) is 15.4 Å². The zero-order valence-corrected chi connectivity index (χ0v) is 12.4. The first kappa shape index (κ1) is 18.4. The van der Waals surface area contributed by atoms with Crippen LogP contribution in [0.15, 0.2) is 9.32 Å². The van der Waals surface area contributed by atoms with Gasteiger partial charge in [0.05, 0.1) is 5.56 Å². The molecule has 0 spiro atoms. The molecule has 0 amide bonds. The monoisotopic (exact) mass is 331 g/mol. The maximum absolute atomic E-state index is 11.8. The molecule has 11 nitrogen and oxygen atoms in total. The maximum Gasteiger partial charge on any atom is 0.338 e. The summed E-state index contributed by atoms with van der Waals surface area (Å²) < 4.78 is 4.74. The summed E-state index contributed by atoms with van der Waals surface area (Å²) >= 11 is 0. The van der Waals surface area contributed by atoms with Crippen molar-refractivity contribution >= 4 is 17.9 Å². The van der Waals surface area contributed by atoms with Gasteiger partial charge < -0.3 is 25.6 Å². The van der Waals surface area contributed by atoms with Crippen molar-refractivity contribution in [1.82, 2.24) is 10.5 Å². The van der Waals surface area contributed by atoms with Crippen molar-refractivity contribution in [2.45, 2.75) is 37.9 Å². The molecule has 2 atom stereocenters. The van der Waals surface area contributed by atoms with Gasteiger partial charge >= 0.3 is 17.9 Å². The summed E-state index contributed by atoms with van der Waals surface area (Å²) in [5.41, 5.74) is -0.194. The van der Waals surface area contributed by atoms with Crippen molar-refractivity contribution in [3.63, 3.8) is 0 Å². The van der Waals surface area contributed by atoms with Crippen LogP contribution in [0.5, 0.6) is 0 Å². The number of nitrogens with two attached hydrogens (primary N) is 1. The Hall–Kier alpha value is -2.66. The second kappa shape index (κ2) is 6.22. The van der Waals surface area contributed by atoms with Gasteiger partial charge in [0.25, 0.3) is 5.56 Å². The molecular weight excluding hydrogens is 314 g/mol. The highest BCUT2D eigenvalue weighted by Crippen LogP contribution is 2.25. The van der Waals surface area contributed by atoms with Crippen LogP contribution < -0.4 is 16.6 Å². The lowest BCUT2D eigenvalue weighted by atomic mass is 9.89. The van der Waals surface area contributed by atoms with Crippen molar-refractivity contribution in [2.75, 3.05) is 0 Å². The van der Waals surface area contributed by atoms with E-state index in [9.17, 15) is 29.4 Å². The number of hydrogen-bond donors (Lipinski definition) is 6. The first-order valence-corrected chi connectivity index (χ1v) is 6.39. The second-order valence-electron chi connectivity index (χ2n) is 5.19. The van der Waals surface area contributed by atoms with Crippen molar-refractivity contribution < 1.29 is 34.2 Å². The van der Waals surface area contributed by atoms with Gasteiger partial charge in [0.1, 0.15) is 5.76 Å². The highest BCUT2D eigenvalue weighted by molar-refractivity contribution is 5.84. The van der Waals surface area contributed by atoms with Crippen molar-refractivity contribution in [2.24, 2.45) is 5.73 Å². The van der Waals surface area contributed by atoms with Crippen LogP contribution in [-0.2, 0) is 19.9 Å². The lowest BCUT2D eigenvalue weighted by Crippen LogP contribution is -2.68. The summed E-state index contributed by atoms with van der Waals surface area (Å²) in [6, 6.07) is 0. The van der Waals surface area contributed by atoms with Crippen molar-refractivity contribution in [1.29, 1.82) is 0 Å². The van der Waals surface area contributed by atoms with Crippen LogP contribution in [0.25, 0.3) is 0 Å².